The molecule has 0 aromatic heterocycles. The van der Waals surface area contributed by atoms with E-state index in [0.29, 0.717) is 12.8 Å². The Labute approximate surface area is 307 Å². The van der Waals surface area contributed by atoms with Gasteiger partial charge in [-0.25, -0.2) is 0 Å². The first-order chi connectivity index (χ1) is 24.2. The van der Waals surface area contributed by atoms with Gasteiger partial charge in [0.2, 0.25) is 5.91 Å². The van der Waals surface area contributed by atoms with Gasteiger partial charge in [-0.15, -0.1) is 0 Å². The van der Waals surface area contributed by atoms with Gasteiger partial charge in [0, 0.05) is 6.42 Å². The van der Waals surface area contributed by atoms with E-state index in [4.69, 9.17) is 0 Å². The molecule has 49 heavy (non-hydrogen) atoms. The van der Waals surface area contributed by atoms with Crippen molar-refractivity contribution >= 4 is 5.91 Å². The Morgan fingerprint density at radius 1 is 0.490 bits per heavy atom. The molecule has 0 heterocycles. The molecule has 0 aromatic rings. The molecule has 0 aliphatic carbocycles. The summed E-state index contributed by atoms with van der Waals surface area (Å²) >= 11 is 0. The first kappa shape index (κ1) is 47.9. The number of unbranched alkanes of at least 4 members (excludes halogenated alkanes) is 29. The second-order valence-corrected chi connectivity index (χ2v) is 15.1. The number of rotatable bonds is 40. The topological polar surface area (TPSA) is 69.6 Å². The fraction of sp³-hybridized carbons (Fsp3) is 0.889. The third kappa shape index (κ3) is 37.9. The molecule has 0 rings (SSSR count). The summed E-state index contributed by atoms with van der Waals surface area (Å²) in [5.41, 5.74) is 0. The fourth-order valence-corrected chi connectivity index (χ4v) is 6.80. The van der Waals surface area contributed by atoms with Crippen molar-refractivity contribution in [3.8, 4) is 0 Å². The van der Waals surface area contributed by atoms with Crippen LogP contribution in [0.4, 0.5) is 0 Å². The lowest BCUT2D eigenvalue weighted by molar-refractivity contribution is -0.123. The van der Waals surface area contributed by atoms with E-state index >= 15 is 0 Å². The van der Waals surface area contributed by atoms with E-state index < -0.39 is 12.1 Å². The monoisotopic (exact) mass is 690 g/mol. The van der Waals surface area contributed by atoms with E-state index in [-0.39, 0.29) is 12.5 Å². The number of nitrogens with one attached hydrogen (secondary N) is 1. The molecule has 0 aliphatic heterocycles. The van der Waals surface area contributed by atoms with Crippen LogP contribution in [0.1, 0.15) is 239 Å². The van der Waals surface area contributed by atoms with Crippen LogP contribution < -0.4 is 5.32 Å². The quantitative estimate of drug-likeness (QED) is 0.0443. The predicted octanol–water partition coefficient (Wildman–Crippen LogP) is 13.6. The highest BCUT2D eigenvalue weighted by Gasteiger charge is 2.20. The van der Waals surface area contributed by atoms with E-state index in [1.54, 1.807) is 0 Å². The molecule has 4 nitrogen and oxygen atoms in total. The Balaban J connectivity index is 3.51. The molecule has 0 bridgehead atoms. The standard InChI is InChI=1S/C45H87NO3/c1-3-5-7-9-11-13-15-17-19-21-22-23-25-26-28-30-32-34-36-38-40-44(48)43(42-47)46-45(49)41-39-37-35-33-31-29-27-24-20-18-16-14-12-10-8-6-4-2/h12,14,18,20,43-44,47-48H,3-11,13,15-17,19,21-42H2,1-2H3,(H,46,49)/b14-12-,20-18-. The van der Waals surface area contributed by atoms with E-state index in [0.717, 1.165) is 32.1 Å². The Morgan fingerprint density at radius 2 is 0.837 bits per heavy atom. The maximum Gasteiger partial charge on any atom is 0.220 e. The number of aliphatic hydroxyl groups is 2. The molecule has 2 unspecified atom stereocenters. The summed E-state index contributed by atoms with van der Waals surface area (Å²) in [6, 6.07) is -0.538. The van der Waals surface area contributed by atoms with Gasteiger partial charge in [0.25, 0.3) is 0 Å². The summed E-state index contributed by atoms with van der Waals surface area (Å²) in [6.45, 7) is 4.34. The van der Waals surface area contributed by atoms with Crippen LogP contribution in [-0.2, 0) is 4.79 Å². The average Bonchev–Trinajstić information content (AvgIpc) is 3.10. The van der Waals surface area contributed by atoms with E-state index in [9.17, 15) is 15.0 Å². The number of amides is 1. The molecule has 0 radical (unpaired) electrons. The van der Waals surface area contributed by atoms with E-state index in [1.807, 2.05) is 0 Å². The zero-order valence-corrected chi connectivity index (χ0v) is 33.2. The molecule has 0 spiro atoms. The molecular formula is C45H87NO3. The van der Waals surface area contributed by atoms with Crippen molar-refractivity contribution in [3.05, 3.63) is 24.3 Å². The van der Waals surface area contributed by atoms with Gasteiger partial charge in [-0.1, -0.05) is 212 Å². The van der Waals surface area contributed by atoms with Gasteiger partial charge >= 0.3 is 0 Å². The van der Waals surface area contributed by atoms with Crippen LogP contribution in [0.25, 0.3) is 0 Å². The first-order valence-electron chi connectivity index (χ1n) is 22.0. The molecule has 1 amide bonds. The van der Waals surface area contributed by atoms with Crippen LogP contribution in [-0.4, -0.2) is 34.9 Å². The molecule has 0 saturated carbocycles. The Bertz CT molecular complexity index is 705. The molecule has 3 N–H and O–H groups in total. The summed E-state index contributed by atoms with van der Waals surface area (Å²) in [4.78, 5) is 12.4. The van der Waals surface area contributed by atoms with Gasteiger partial charge in [0.05, 0.1) is 18.8 Å². The van der Waals surface area contributed by atoms with Crippen LogP contribution in [0.2, 0.25) is 0 Å². The number of hydrogen-bond donors (Lipinski definition) is 3. The summed E-state index contributed by atoms with van der Waals surface area (Å²) in [7, 11) is 0. The zero-order valence-electron chi connectivity index (χ0n) is 33.2. The predicted molar refractivity (Wildman–Crippen MR) is 216 cm³/mol. The number of allylic oxidation sites excluding steroid dienone is 4. The zero-order chi connectivity index (χ0) is 35.7. The summed E-state index contributed by atoms with van der Waals surface area (Å²) in [5, 5.41) is 23.2. The second-order valence-electron chi connectivity index (χ2n) is 15.1. The Hall–Kier alpha value is -1.13. The van der Waals surface area contributed by atoms with Crippen LogP contribution in [0, 0.1) is 0 Å². The van der Waals surface area contributed by atoms with Crippen molar-refractivity contribution in [2.45, 2.75) is 251 Å². The minimum Gasteiger partial charge on any atom is -0.394 e. The molecule has 0 aliphatic rings. The maximum atomic E-state index is 12.4. The van der Waals surface area contributed by atoms with Crippen molar-refractivity contribution in [2.24, 2.45) is 0 Å². The van der Waals surface area contributed by atoms with Gasteiger partial charge < -0.3 is 15.5 Å². The van der Waals surface area contributed by atoms with Gasteiger partial charge in [0.1, 0.15) is 0 Å². The lowest BCUT2D eigenvalue weighted by Crippen LogP contribution is -2.45. The van der Waals surface area contributed by atoms with Crippen LogP contribution in [0.15, 0.2) is 24.3 Å². The fourth-order valence-electron chi connectivity index (χ4n) is 6.80. The van der Waals surface area contributed by atoms with Crippen molar-refractivity contribution < 1.29 is 15.0 Å². The second kappa shape index (κ2) is 41.3. The highest BCUT2D eigenvalue weighted by atomic mass is 16.3. The van der Waals surface area contributed by atoms with E-state index in [2.05, 4.69) is 43.5 Å². The Kier molecular flexibility index (Phi) is 40.3. The molecule has 2 atom stereocenters. The first-order valence-corrected chi connectivity index (χ1v) is 22.0. The van der Waals surface area contributed by atoms with Crippen LogP contribution in [0.3, 0.4) is 0 Å². The van der Waals surface area contributed by atoms with Gasteiger partial charge in [-0.2, -0.15) is 0 Å². The highest BCUT2D eigenvalue weighted by Crippen LogP contribution is 2.16. The number of aliphatic hydroxyl groups excluding tert-OH is 2. The number of hydrogen-bond acceptors (Lipinski definition) is 3. The SMILES string of the molecule is CCCCC/C=C\C/C=C\CCCCCCCCCC(=O)NC(CO)C(O)CCCCCCCCCCCCCCCCCCCCCC. The summed E-state index contributed by atoms with van der Waals surface area (Å²) in [6.07, 6.45) is 52.5. The van der Waals surface area contributed by atoms with Crippen LogP contribution in [0.5, 0.6) is 0 Å². The van der Waals surface area contributed by atoms with E-state index in [1.165, 1.54) is 180 Å². The third-order valence-corrected chi connectivity index (χ3v) is 10.2. The van der Waals surface area contributed by atoms with Gasteiger partial charge in [-0.05, 0) is 44.9 Å². The normalized spacial score (nSPS) is 13.1. The smallest absolute Gasteiger partial charge is 0.220 e. The Morgan fingerprint density at radius 3 is 1.27 bits per heavy atom. The molecule has 0 saturated heterocycles. The van der Waals surface area contributed by atoms with Crippen molar-refractivity contribution in [1.29, 1.82) is 0 Å². The lowest BCUT2D eigenvalue weighted by atomic mass is 10.0. The maximum absolute atomic E-state index is 12.4. The minimum absolute atomic E-state index is 0.0378. The molecule has 0 fully saturated rings. The van der Waals surface area contributed by atoms with Crippen molar-refractivity contribution in [3.63, 3.8) is 0 Å². The summed E-state index contributed by atoms with van der Waals surface area (Å²) < 4.78 is 0. The molecule has 0 aromatic carbocycles. The number of carbonyl (C=O) groups excluding carboxylic acids is 1. The highest BCUT2D eigenvalue weighted by molar-refractivity contribution is 5.76. The van der Waals surface area contributed by atoms with Gasteiger partial charge in [0.15, 0.2) is 0 Å². The molecular weight excluding hydrogens is 602 g/mol. The largest absolute Gasteiger partial charge is 0.394 e. The summed E-state index contributed by atoms with van der Waals surface area (Å²) in [5.74, 6) is -0.0378. The molecule has 4 heteroatoms. The average molecular weight is 690 g/mol. The van der Waals surface area contributed by atoms with Crippen molar-refractivity contribution in [2.75, 3.05) is 6.61 Å². The third-order valence-electron chi connectivity index (χ3n) is 10.2. The number of carbonyl (C=O) groups is 1. The van der Waals surface area contributed by atoms with Crippen LogP contribution >= 0.6 is 0 Å². The minimum atomic E-state index is -0.661. The van der Waals surface area contributed by atoms with Crippen molar-refractivity contribution in [1.82, 2.24) is 5.32 Å². The lowest BCUT2D eigenvalue weighted by Gasteiger charge is -2.22. The van der Waals surface area contributed by atoms with Gasteiger partial charge in [-0.3, -0.25) is 4.79 Å². The molecule has 290 valence electrons.